The Morgan fingerprint density at radius 2 is 1.95 bits per heavy atom. The van der Waals surface area contributed by atoms with Gasteiger partial charge in [-0.25, -0.2) is 4.39 Å². The molecule has 0 aliphatic carbocycles. The van der Waals surface area contributed by atoms with Gasteiger partial charge in [0, 0.05) is 22.8 Å². The number of phenols is 1. The van der Waals surface area contributed by atoms with Gasteiger partial charge in [0.25, 0.3) is 0 Å². The third kappa shape index (κ3) is 3.37. The van der Waals surface area contributed by atoms with E-state index < -0.39 is 0 Å². The van der Waals surface area contributed by atoms with E-state index >= 15 is 0 Å². The predicted octanol–water partition coefficient (Wildman–Crippen LogP) is 5.52. The molecule has 106 valence electrons. The highest BCUT2D eigenvalue weighted by Gasteiger charge is 2.09. The number of nitrogens with one attached hydrogen (secondary N) is 1. The number of anilines is 1. The number of hydrogen-bond acceptors (Lipinski definition) is 2. The van der Waals surface area contributed by atoms with Gasteiger partial charge in [-0.05, 0) is 52.7 Å². The molecule has 0 heterocycles. The molecular formula is C14H11BrCl2FNO. The Morgan fingerprint density at radius 3 is 2.65 bits per heavy atom. The number of halogens is 4. The Kier molecular flexibility index (Phi) is 4.78. The lowest BCUT2D eigenvalue weighted by atomic mass is 10.1. The summed E-state index contributed by atoms with van der Waals surface area (Å²) in [5.41, 5.74) is 2.07. The Balaban J connectivity index is 2.23. The Hall–Kier alpha value is -0.970. The van der Waals surface area contributed by atoms with E-state index in [0.29, 0.717) is 20.7 Å². The average molecular weight is 379 g/mol. The van der Waals surface area contributed by atoms with Crippen molar-refractivity contribution in [1.82, 2.24) is 0 Å². The molecule has 0 bridgehead atoms. The van der Waals surface area contributed by atoms with Crippen molar-refractivity contribution in [3.05, 3.63) is 55.7 Å². The molecule has 2 rings (SSSR count). The number of rotatable bonds is 3. The lowest BCUT2D eigenvalue weighted by Gasteiger charge is -2.12. The van der Waals surface area contributed by atoms with Gasteiger partial charge in [-0.3, -0.25) is 0 Å². The van der Waals surface area contributed by atoms with Crippen molar-refractivity contribution in [3.63, 3.8) is 0 Å². The van der Waals surface area contributed by atoms with Crippen LogP contribution in [-0.4, -0.2) is 5.11 Å². The Bertz CT molecular complexity index is 664. The number of hydrogen-bond donors (Lipinski definition) is 2. The van der Waals surface area contributed by atoms with Crippen molar-refractivity contribution < 1.29 is 9.50 Å². The number of phenolic OH excluding ortho intramolecular Hbond substituents is 1. The standard InChI is InChI=1S/C14H11BrCl2FNO/c1-7-2-10(15)12(18)5-13(7)19-6-8-3-9(16)4-11(17)14(8)20/h2-5,19-20H,6H2,1H3. The van der Waals surface area contributed by atoms with Crippen LogP contribution in [0.3, 0.4) is 0 Å². The van der Waals surface area contributed by atoms with Gasteiger partial charge in [-0.2, -0.15) is 0 Å². The first-order valence-corrected chi connectivity index (χ1v) is 7.29. The van der Waals surface area contributed by atoms with Crippen LogP contribution in [0.25, 0.3) is 0 Å². The van der Waals surface area contributed by atoms with Crippen molar-refractivity contribution in [2.75, 3.05) is 5.32 Å². The van der Waals surface area contributed by atoms with Crippen LogP contribution in [0.15, 0.2) is 28.7 Å². The van der Waals surface area contributed by atoms with Gasteiger partial charge in [-0.1, -0.05) is 23.2 Å². The van der Waals surface area contributed by atoms with E-state index in [4.69, 9.17) is 23.2 Å². The van der Waals surface area contributed by atoms with E-state index in [-0.39, 0.29) is 23.1 Å². The fourth-order valence-electron chi connectivity index (χ4n) is 1.78. The highest BCUT2D eigenvalue weighted by atomic mass is 79.9. The number of aryl methyl sites for hydroxylation is 1. The topological polar surface area (TPSA) is 32.3 Å². The minimum Gasteiger partial charge on any atom is -0.506 e. The van der Waals surface area contributed by atoms with E-state index in [1.807, 2.05) is 6.92 Å². The normalized spacial score (nSPS) is 10.7. The third-order valence-electron chi connectivity index (χ3n) is 2.84. The molecule has 0 saturated carbocycles. The highest BCUT2D eigenvalue weighted by Crippen LogP contribution is 2.32. The van der Waals surface area contributed by atoms with E-state index in [1.165, 1.54) is 12.1 Å². The van der Waals surface area contributed by atoms with E-state index in [1.54, 1.807) is 12.1 Å². The molecule has 0 spiro atoms. The number of aromatic hydroxyl groups is 1. The summed E-state index contributed by atoms with van der Waals surface area (Å²) in [7, 11) is 0. The van der Waals surface area contributed by atoms with Crippen molar-refractivity contribution in [2.24, 2.45) is 0 Å². The maximum Gasteiger partial charge on any atom is 0.139 e. The molecule has 0 saturated heterocycles. The maximum atomic E-state index is 13.5. The molecule has 2 aromatic carbocycles. The minimum absolute atomic E-state index is 0.0289. The highest BCUT2D eigenvalue weighted by molar-refractivity contribution is 9.10. The van der Waals surface area contributed by atoms with Gasteiger partial charge in [0.1, 0.15) is 11.6 Å². The van der Waals surface area contributed by atoms with Crippen molar-refractivity contribution in [1.29, 1.82) is 0 Å². The molecule has 2 aromatic rings. The summed E-state index contributed by atoms with van der Waals surface area (Å²) in [5, 5.41) is 13.5. The molecule has 0 aliphatic heterocycles. The summed E-state index contributed by atoms with van der Waals surface area (Å²) in [6.45, 7) is 2.14. The zero-order valence-electron chi connectivity index (χ0n) is 10.5. The van der Waals surface area contributed by atoms with Gasteiger partial charge in [0.2, 0.25) is 0 Å². The van der Waals surface area contributed by atoms with Gasteiger partial charge >= 0.3 is 0 Å². The van der Waals surface area contributed by atoms with Gasteiger partial charge in [0.15, 0.2) is 0 Å². The molecule has 0 radical (unpaired) electrons. The van der Waals surface area contributed by atoms with E-state index in [9.17, 15) is 9.50 Å². The molecule has 2 N–H and O–H groups in total. The molecule has 0 amide bonds. The van der Waals surface area contributed by atoms with Crippen LogP contribution in [0.2, 0.25) is 10.0 Å². The van der Waals surface area contributed by atoms with Crippen LogP contribution < -0.4 is 5.32 Å². The van der Waals surface area contributed by atoms with E-state index in [0.717, 1.165) is 5.56 Å². The zero-order valence-corrected chi connectivity index (χ0v) is 13.6. The van der Waals surface area contributed by atoms with Gasteiger partial charge in [0.05, 0.1) is 9.50 Å². The monoisotopic (exact) mass is 377 g/mol. The zero-order chi connectivity index (χ0) is 14.9. The molecule has 6 heteroatoms. The lowest BCUT2D eigenvalue weighted by Crippen LogP contribution is -2.02. The maximum absolute atomic E-state index is 13.5. The van der Waals surface area contributed by atoms with Crippen molar-refractivity contribution in [2.45, 2.75) is 13.5 Å². The van der Waals surface area contributed by atoms with Crippen molar-refractivity contribution in [3.8, 4) is 5.75 Å². The molecule has 0 atom stereocenters. The fraction of sp³-hybridized carbons (Fsp3) is 0.143. The molecule has 0 unspecified atom stereocenters. The van der Waals surface area contributed by atoms with Crippen LogP contribution in [0.4, 0.5) is 10.1 Å². The second kappa shape index (κ2) is 6.20. The van der Waals surface area contributed by atoms with Crippen LogP contribution in [0.1, 0.15) is 11.1 Å². The quantitative estimate of drug-likeness (QED) is 0.736. The average Bonchev–Trinajstić information content (AvgIpc) is 2.37. The first kappa shape index (κ1) is 15.4. The minimum atomic E-state index is -0.355. The largest absolute Gasteiger partial charge is 0.506 e. The smallest absolute Gasteiger partial charge is 0.139 e. The van der Waals surface area contributed by atoms with Crippen LogP contribution >= 0.6 is 39.1 Å². The lowest BCUT2D eigenvalue weighted by molar-refractivity contribution is 0.469. The van der Waals surface area contributed by atoms with Crippen LogP contribution in [0, 0.1) is 12.7 Å². The molecular weight excluding hydrogens is 368 g/mol. The Labute approximate surface area is 134 Å². The summed E-state index contributed by atoms with van der Waals surface area (Å²) >= 11 is 14.9. The van der Waals surface area contributed by atoms with Crippen LogP contribution in [0.5, 0.6) is 5.75 Å². The number of benzene rings is 2. The predicted molar refractivity (Wildman–Crippen MR) is 84.3 cm³/mol. The second-order valence-electron chi connectivity index (χ2n) is 4.33. The van der Waals surface area contributed by atoms with Crippen molar-refractivity contribution >= 4 is 44.8 Å². The molecule has 2 nitrogen and oxygen atoms in total. The van der Waals surface area contributed by atoms with Gasteiger partial charge in [-0.15, -0.1) is 0 Å². The molecule has 0 aliphatic rings. The summed E-state index contributed by atoms with van der Waals surface area (Å²) in [6, 6.07) is 6.15. The Morgan fingerprint density at radius 1 is 1.25 bits per heavy atom. The fourth-order valence-corrected chi connectivity index (χ4v) is 2.77. The molecule has 0 aromatic heterocycles. The first-order chi connectivity index (χ1) is 9.38. The molecule has 20 heavy (non-hydrogen) atoms. The second-order valence-corrected chi connectivity index (χ2v) is 6.03. The first-order valence-electron chi connectivity index (χ1n) is 5.75. The summed E-state index contributed by atoms with van der Waals surface area (Å²) < 4.78 is 13.9. The van der Waals surface area contributed by atoms with Crippen LogP contribution in [-0.2, 0) is 6.54 Å². The van der Waals surface area contributed by atoms with E-state index in [2.05, 4.69) is 21.2 Å². The third-order valence-corrected chi connectivity index (χ3v) is 3.96. The summed E-state index contributed by atoms with van der Waals surface area (Å²) in [5.74, 6) is -0.384. The molecule has 0 fully saturated rings. The van der Waals surface area contributed by atoms with Gasteiger partial charge < -0.3 is 10.4 Å². The summed E-state index contributed by atoms with van der Waals surface area (Å²) in [6.07, 6.45) is 0. The summed E-state index contributed by atoms with van der Waals surface area (Å²) in [4.78, 5) is 0. The SMILES string of the molecule is Cc1cc(Br)c(F)cc1NCc1cc(Cl)cc(Cl)c1O.